The van der Waals surface area contributed by atoms with Crippen molar-refractivity contribution in [1.82, 2.24) is 0 Å². The highest BCUT2D eigenvalue weighted by Gasteiger charge is 2.49. The molecule has 2 aromatic carbocycles. The van der Waals surface area contributed by atoms with Crippen molar-refractivity contribution in [3.63, 3.8) is 0 Å². The first-order valence-electron chi connectivity index (χ1n) is 6.56. The summed E-state index contributed by atoms with van der Waals surface area (Å²) in [5.74, 6) is -3.24. The van der Waals surface area contributed by atoms with E-state index in [0.29, 0.717) is 16.7 Å². The summed E-state index contributed by atoms with van der Waals surface area (Å²) >= 11 is 0.412. The van der Waals surface area contributed by atoms with E-state index in [1.54, 1.807) is 18.2 Å². The third kappa shape index (κ3) is 4.56. The number of aliphatic hydroxyl groups excluding tert-OH is 1. The highest BCUT2D eigenvalue weighted by molar-refractivity contribution is 8.13. The predicted molar refractivity (Wildman–Crippen MR) is 78.2 cm³/mol. The quantitative estimate of drug-likeness (QED) is 0.662. The number of aliphatic hydroxyl groups is 1. The van der Waals surface area contributed by atoms with Crippen molar-refractivity contribution < 1.29 is 27.5 Å². The monoisotopic (exact) mass is 344 g/mol. The molecule has 2 rings (SSSR count). The number of hydrogen-bond donors (Lipinski definition) is 1. The van der Waals surface area contributed by atoms with E-state index in [1.165, 1.54) is 12.1 Å². The Hall–Kier alpha value is -1.86. The Bertz CT molecular complexity index is 656. The molecule has 122 valence electrons. The molecule has 7 heteroatoms. The van der Waals surface area contributed by atoms with Crippen LogP contribution in [0.25, 0.3) is 0 Å². The van der Waals surface area contributed by atoms with Gasteiger partial charge in [0.25, 0.3) is 0 Å². The lowest BCUT2D eigenvalue weighted by atomic mass is 9.96. The molecule has 0 amide bonds. The highest BCUT2D eigenvalue weighted by atomic mass is 32.2. The third-order valence-corrected chi connectivity index (χ3v) is 4.06. The van der Waals surface area contributed by atoms with Crippen molar-refractivity contribution in [1.29, 1.82) is 0 Å². The number of thioether (sulfide) groups is 1. The lowest BCUT2D eigenvalue weighted by molar-refractivity contribution is -0.197. The van der Waals surface area contributed by atoms with Gasteiger partial charge in [-0.3, -0.25) is 4.79 Å². The summed E-state index contributed by atoms with van der Waals surface area (Å²) in [6.07, 6.45) is -7.02. The summed E-state index contributed by atoms with van der Waals surface area (Å²) in [4.78, 5) is 12.4. The normalized spacial score (nSPS) is 14.3. The summed E-state index contributed by atoms with van der Waals surface area (Å²) in [6, 6.07) is 11.8. The van der Waals surface area contributed by atoms with Gasteiger partial charge in [-0.25, -0.2) is 4.39 Å². The Labute approximate surface area is 134 Å². The number of carbonyl (C=O) groups excluding carboxylic acids is 1. The van der Waals surface area contributed by atoms with Crippen molar-refractivity contribution in [3.8, 4) is 0 Å². The first-order chi connectivity index (χ1) is 10.8. The lowest BCUT2D eigenvalue weighted by Gasteiger charge is -2.24. The molecule has 0 saturated heterocycles. The molecule has 0 aliphatic carbocycles. The van der Waals surface area contributed by atoms with Gasteiger partial charge in [0.1, 0.15) is 5.82 Å². The molecular formula is C16H12F4O2S. The van der Waals surface area contributed by atoms with Crippen LogP contribution in [0.5, 0.6) is 0 Å². The van der Waals surface area contributed by atoms with Crippen LogP contribution in [0.4, 0.5) is 17.6 Å². The first-order valence-corrected chi connectivity index (χ1v) is 7.37. The second kappa shape index (κ2) is 7.14. The lowest BCUT2D eigenvalue weighted by Crippen LogP contribution is -2.34. The summed E-state index contributed by atoms with van der Waals surface area (Å²) < 4.78 is 52.5. The predicted octanol–water partition coefficient (Wildman–Crippen LogP) is 4.36. The van der Waals surface area contributed by atoms with E-state index < -0.39 is 29.1 Å². The van der Waals surface area contributed by atoms with Gasteiger partial charge in [0, 0.05) is 4.90 Å². The molecule has 2 aromatic rings. The van der Waals surface area contributed by atoms with E-state index in [2.05, 4.69) is 0 Å². The summed E-state index contributed by atoms with van der Waals surface area (Å²) in [6.45, 7) is 0. The summed E-state index contributed by atoms with van der Waals surface area (Å²) in [7, 11) is 0. The van der Waals surface area contributed by atoms with Gasteiger partial charge in [0.2, 0.25) is 5.12 Å². The molecule has 0 aliphatic heterocycles. The highest BCUT2D eigenvalue weighted by Crippen LogP contribution is 2.40. The average Bonchev–Trinajstić information content (AvgIpc) is 2.47. The Morgan fingerprint density at radius 2 is 1.57 bits per heavy atom. The second-order valence-electron chi connectivity index (χ2n) is 4.75. The Balaban J connectivity index is 2.26. The maximum atomic E-state index is 13.2. The molecule has 0 spiro atoms. The molecule has 23 heavy (non-hydrogen) atoms. The van der Waals surface area contributed by atoms with Crippen LogP contribution in [-0.2, 0) is 4.79 Å². The molecule has 0 heterocycles. The molecule has 2 atom stereocenters. The fraction of sp³-hybridized carbons (Fsp3) is 0.188. The van der Waals surface area contributed by atoms with E-state index in [9.17, 15) is 27.5 Å². The fourth-order valence-corrected chi connectivity index (χ4v) is 2.88. The van der Waals surface area contributed by atoms with Crippen molar-refractivity contribution in [2.24, 2.45) is 5.92 Å². The standard InChI is InChI=1S/C16H12F4O2S/c17-11-8-6-10(7-9-11)14(21)13(16(18,19)20)15(22)23-12-4-2-1-3-5-12/h1-9,13-14,21H/t13-,14+/m1/s1. The zero-order chi connectivity index (χ0) is 17.0. The minimum Gasteiger partial charge on any atom is -0.387 e. The van der Waals surface area contributed by atoms with Crippen LogP contribution in [0.2, 0.25) is 0 Å². The van der Waals surface area contributed by atoms with Gasteiger partial charge in [-0.1, -0.05) is 42.1 Å². The van der Waals surface area contributed by atoms with E-state index >= 15 is 0 Å². The molecule has 0 radical (unpaired) electrons. The first kappa shape index (κ1) is 17.5. The molecule has 2 nitrogen and oxygen atoms in total. The van der Waals surface area contributed by atoms with Crippen LogP contribution < -0.4 is 0 Å². The van der Waals surface area contributed by atoms with E-state index in [0.717, 1.165) is 24.3 Å². The average molecular weight is 344 g/mol. The third-order valence-electron chi connectivity index (χ3n) is 3.10. The summed E-state index contributed by atoms with van der Waals surface area (Å²) in [5, 5.41) is 8.76. The van der Waals surface area contributed by atoms with Gasteiger partial charge < -0.3 is 5.11 Å². The van der Waals surface area contributed by atoms with Gasteiger partial charge in [-0.05, 0) is 29.8 Å². The van der Waals surface area contributed by atoms with Crippen molar-refractivity contribution in [2.75, 3.05) is 0 Å². The maximum Gasteiger partial charge on any atom is 0.402 e. The topological polar surface area (TPSA) is 37.3 Å². The number of carbonyl (C=O) groups is 1. The zero-order valence-electron chi connectivity index (χ0n) is 11.6. The number of hydrogen-bond acceptors (Lipinski definition) is 3. The van der Waals surface area contributed by atoms with E-state index in [1.807, 2.05) is 0 Å². The van der Waals surface area contributed by atoms with Crippen LogP contribution in [0, 0.1) is 11.7 Å². The molecule has 0 aromatic heterocycles. The minimum absolute atomic E-state index is 0.171. The smallest absolute Gasteiger partial charge is 0.387 e. The van der Waals surface area contributed by atoms with Crippen LogP contribution in [0.1, 0.15) is 11.7 Å². The fourth-order valence-electron chi connectivity index (χ4n) is 1.96. The van der Waals surface area contributed by atoms with Crippen LogP contribution >= 0.6 is 11.8 Å². The number of alkyl halides is 3. The molecule has 0 unspecified atom stereocenters. The van der Waals surface area contributed by atoms with Gasteiger partial charge in [-0.15, -0.1) is 0 Å². The maximum absolute atomic E-state index is 13.2. The van der Waals surface area contributed by atoms with Crippen molar-refractivity contribution >= 4 is 16.9 Å². The zero-order valence-corrected chi connectivity index (χ0v) is 12.4. The van der Waals surface area contributed by atoms with Gasteiger partial charge >= 0.3 is 6.18 Å². The molecule has 1 N–H and O–H groups in total. The number of halogens is 4. The van der Waals surface area contributed by atoms with E-state index in [-0.39, 0.29) is 5.56 Å². The molecular weight excluding hydrogens is 332 g/mol. The van der Waals surface area contributed by atoms with Crippen molar-refractivity contribution in [3.05, 3.63) is 66.0 Å². The van der Waals surface area contributed by atoms with Crippen molar-refractivity contribution in [2.45, 2.75) is 17.2 Å². The molecule has 0 bridgehead atoms. The van der Waals surface area contributed by atoms with Crippen LogP contribution in [0.3, 0.4) is 0 Å². The molecule has 0 aliphatic rings. The SMILES string of the molecule is O=C(Sc1ccccc1)[C@@H]([C@@H](O)c1ccc(F)cc1)C(F)(F)F. The minimum atomic E-state index is -4.92. The largest absolute Gasteiger partial charge is 0.402 e. The Kier molecular flexibility index (Phi) is 5.43. The van der Waals surface area contributed by atoms with Gasteiger partial charge in [0.15, 0.2) is 5.92 Å². The van der Waals surface area contributed by atoms with E-state index in [4.69, 9.17) is 0 Å². The Morgan fingerprint density at radius 3 is 2.09 bits per heavy atom. The number of rotatable bonds is 4. The molecule has 0 fully saturated rings. The Morgan fingerprint density at radius 1 is 1.00 bits per heavy atom. The number of benzene rings is 2. The van der Waals surface area contributed by atoms with Gasteiger partial charge in [-0.2, -0.15) is 13.2 Å². The van der Waals surface area contributed by atoms with Crippen LogP contribution in [-0.4, -0.2) is 16.4 Å². The summed E-state index contributed by atoms with van der Waals surface area (Å²) in [5.41, 5.74) is -0.171. The second-order valence-corrected chi connectivity index (χ2v) is 5.83. The molecule has 0 saturated carbocycles. The van der Waals surface area contributed by atoms with Crippen LogP contribution in [0.15, 0.2) is 59.5 Å². The van der Waals surface area contributed by atoms with Gasteiger partial charge in [0.05, 0.1) is 6.10 Å².